The molecule has 0 atom stereocenters. The van der Waals surface area contributed by atoms with Crippen molar-refractivity contribution in [2.24, 2.45) is 0 Å². The number of hydrogen-bond donors (Lipinski definition) is 2. The molecule has 0 amide bonds. The second-order valence-corrected chi connectivity index (χ2v) is 6.63. The van der Waals surface area contributed by atoms with E-state index < -0.39 is 0 Å². The zero-order valence-electron chi connectivity index (χ0n) is 12.1. The molecule has 0 fully saturated rings. The van der Waals surface area contributed by atoms with Crippen molar-refractivity contribution in [2.45, 2.75) is 49.8 Å². The summed E-state index contributed by atoms with van der Waals surface area (Å²) in [6, 6.07) is 5.07. The molecular formula is C14H19FN4S. The minimum Gasteiger partial charge on any atom is -0.308 e. The molecule has 0 aliphatic rings. The maximum absolute atomic E-state index is 14.0. The zero-order valence-corrected chi connectivity index (χ0v) is 12.9. The first-order valence-electron chi connectivity index (χ1n) is 6.44. The summed E-state index contributed by atoms with van der Waals surface area (Å²) in [6.07, 6.45) is 0. The van der Waals surface area contributed by atoms with Gasteiger partial charge in [-0.2, -0.15) is 0 Å². The summed E-state index contributed by atoms with van der Waals surface area (Å²) in [6.45, 7) is 8.48. The van der Waals surface area contributed by atoms with Crippen molar-refractivity contribution in [3.05, 3.63) is 35.4 Å². The Kier molecular flexibility index (Phi) is 4.45. The Balaban J connectivity index is 2.21. The molecule has 0 aliphatic carbocycles. The van der Waals surface area contributed by atoms with Crippen LogP contribution in [0.15, 0.2) is 28.3 Å². The Labute approximate surface area is 122 Å². The van der Waals surface area contributed by atoms with Crippen molar-refractivity contribution in [1.29, 1.82) is 0 Å². The second-order valence-electron chi connectivity index (χ2n) is 5.63. The van der Waals surface area contributed by atoms with Gasteiger partial charge in [-0.1, -0.05) is 6.07 Å². The highest BCUT2D eigenvalue weighted by atomic mass is 32.2. The molecule has 0 saturated carbocycles. The van der Waals surface area contributed by atoms with E-state index in [9.17, 15) is 4.39 Å². The summed E-state index contributed by atoms with van der Waals surface area (Å²) in [4.78, 5) is 5.07. The Hall–Kier alpha value is -1.40. The fraction of sp³-hybridized carbons (Fsp3) is 0.429. The van der Waals surface area contributed by atoms with Gasteiger partial charge in [0.05, 0.1) is 0 Å². The van der Waals surface area contributed by atoms with Crippen LogP contribution in [-0.4, -0.2) is 20.7 Å². The van der Waals surface area contributed by atoms with Crippen molar-refractivity contribution in [2.75, 3.05) is 0 Å². The average Bonchev–Trinajstić information content (AvgIpc) is 2.73. The molecule has 1 aromatic heterocycles. The number of benzene rings is 1. The number of hydrogen-bond acceptors (Lipinski definition) is 4. The maximum Gasteiger partial charge on any atom is 0.213 e. The van der Waals surface area contributed by atoms with Crippen LogP contribution in [0.3, 0.4) is 0 Å². The van der Waals surface area contributed by atoms with Crippen LogP contribution in [0, 0.1) is 12.7 Å². The Morgan fingerprint density at radius 3 is 2.70 bits per heavy atom. The highest BCUT2D eigenvalue weighted by molar-refractivity contribution is 7.99. The molecule has 6 heteroatoms. The fourth-order valence-corrected chi connectivity index (χ4v) is 2.54. The van der Waals surface area contributed by atoms with Crippen LogP contribution in [0.2, 0.25) is 0 Å². The molecule has 2 rings (SSSR count). The quantitative estimate of drug-likeness (QED) is 0.908. The standard InChI is InChI=1S/C14H19FN4S/c1-9-17-13(19-18-9)20-12-7-5-6-11(15)10(12)8-16-14(2,3)4/h5-7,16H,8H2,1-4H3,(H,17,18,19). The van der Waals surface area contributed by atoms with E-state index >= 15 is 0 Å². The van der Waals surface area contributed by atoms with E-state index in [1.807, 2.05) is 13.0 Å². The van der Waals surface area contributed by atoms with E-state index in [-0.39, 0.29) is 11.4 Å². The SMILES string of the molecule is Cc1nc(Sc2cccc(F)c2CNC(C)(C)C)n[nH]1. The van der Waals surface area contributed by atoms with Gasteiger partial charge < -0.3 is 5.32 Å². The van der Waals surface area contributed by atoms with E-state index in [1.54, 1.807) is 6.07 Å². The van der Waals surface area contributed by atoms with Crippen LogP contribution in [0.1, 0.15) is 32.2 Å². The highest BCUT2D eigenvalue weighted by Gasteiger charge is 2.15. The maximum atomic E-state index is 14.0. The minimum absolute atomic E-state index is 0.0641. The predicted molar refractivity (Wildman–Crippen MR) is 78.2 cm³/mol. The zero-order chi connectivity index (χ0) is 14.8. The molecule has 0 aliphatic heterocycles. The summed E-state index contributed by atoms with van der Waals surface area (Å²) in [5.41, 5.74) is 0.584. The van der Waals surface area contributed by atoms with Crippen molar-refractivity contribution in [1.82, 2.24) is 20.5 Å². The molecule has 2 aromatic rings. The average molecular weight is 294 g/mol. The summed E-state index contributed by atoms with van der Waals surface area (Å²) in [5.74, 6) is 0.539. The molecular weight excluding hydrogens is 275 g/mol. The van der Waals surface area contributed by atoms with Crippen molar-refractivity contribution < 1.29 is 4.39 Å². The lowest BCUT2D eigenvalue weighted by atomic mass is 10.1. The molecule has 0 radical (unpaired) electrons. The van der Waals surface area contributed by atoms with Gasteiger partial charge in [-0.3, -0.25) is 5.10 Å². The third kappa shape index (κ3) is 4.05. The highest BCUT2D eigenvalue weighted by Crippen LogP contribution is 2.29. The first kappa shape index (κ1) is 15.0. The van der Waals surface area contributed by atoms with E-state index in [1.165, 1.54) is 17.8 Å². The summed E-state index contributed by atoms with van der Waals surface area (Å²) >= 11 is 1.37. The third-order valence-electron chi connectivity index (χ3n) is 2.65. The molecule has 20 heavy (non-hydrogen) atoms. The lowest BCUT2D eigenvalue weighted by Gasteiger charge is -2.21. The Morgan fingerprint density at radius 2 is 2.10 bits per heavy atom. The van der Waals surface area contributed by atoms with Crippen molar-refractivity contribution >= 4 is 11.8 Å². The van der Waals surface area contributed by atoms with Gasteiger partial charge in [-0.25, -0.2) is 9.37 Å². The molecule has 1 heterocycles. The smallest absolute Gasteiger partial charge is 0.213 e. The van der Waals surface area contributed by atoms with Crippen LogP contribution in [0.4, 0.5) is 4.39 Å². The van der Waals surface area contributed by atoms with Crippen molar-refractivity contribution in [3.63, 3.8) is 0 Å². The predicted octanol–water partition coefficient (Wildman–Crippen LogP) is 3.29. The van der Waals surface area contributed by atoms with E-state index in [0.29, 0.717) is 17.3 Å². The summed E-state index contributed by atoms with van der Waals surface area (Å²) < 4.78 is 14.0. The summed E-state index contributed by atoms with van der Waals surface area (Å²) in [7, 11) is 0. The number of halogens is 1. The lowest BCUT2D eigenvalue weighted by Crippen LogP contribution is -2.35. The van der Waals surface area contributed by atoms with Gasteiger partial charge in [-0.15, -0.1) is 5.10 Å². The van der Waals surface area contributed by atoms with E-state index in [2.05, 4.69) is 41.3 Å². The summed E-state index contributed by atoms with van der Waals surface area (Å²) in [5, 5.41) is 10.8. The van der Waals surface area contributed by atoms with Crippen LogP contribution >= 0.6 is 11.8 Å². The molecule has 0 bridgehead atoms. The fourth-order valence-electron chi connectivity index (χ4n) is 1.63. The monoisotopic (exact) mass is 294 g/mol. The molecule has 1 aromatic carbocycles. The molecule has 0 unspecified atom stereocenters. The Morgan fingerprint density at radius 1 is 1.35 bits per heavy atom. The number of H-pyrrole nitrogens is 1. The van der Waals surface area contributed by atoms with Crippen LogP contribution in [-0.2, 0) is 6.54 Å². The number of nitrogens with one attached hydrogen (secondary N) is 2. The van der Waals surface area contributed by atoms with Gasteiger partial charge >= 0.3 is 0 Å². The van der Waals surface area contributed by atoms with Crippen LogP contribution in [0.5, 0.6) is 0 Å². The normalized spacial score (nSPS) is 11.8. The number of rotatable bonds is 4. The first-order chi connectivity index (χ1) is 9.35. The molecule has 0 saturated heterocycles. The molecule has 0 spiro atoms. The van der Waals surface area contributed by atoms with Gasteiger partial charge in [0.15, 0.2) is 0 Å². The number of aryl methyl sites for hydroxylation is 1. The molecule has 4 nitrogen and oxygen atoms in total. The van der Waals surface area contributed by atoms with Gasteiger partial charge in [0.2, 0.25) is 5.16 Å². The van der Waals surface area contributed by atoms with Gasteiger partial charge in [-0.05, 0) is 51.6 Å². The molecule has 108 valence electrons. The van der Waals surface area contributed by atoms with Crippen molar-refractivity contribution in [3.8, 4) is 0 Å². The minimum atomic E-state index is -0.209. The van der Waals surface area contributed by atoms with Crippen LogP contribution in [0.25, 0.3) is 0 Å². The number of aromatic nitrogens is 3. The van der Waals surface area contributed by atoms with E-state index in [4.69, 9.17) is 0 Å². The first-order valence-corrected chi connectivity index (χ1v) is 7.26. The van der Waals surface area contributed by atoms with E-state index in [0.717, 1.165) is 10.7 Å². The topological polar surface area (TPSA) is 53.6 Å². The molecule has 2 N–H and O–H groups in total. The number of aromatic amines is 1. The van der Waals surface area contributed by atoms with Gasteiger partial charge in [0.1, 0.15) is 11.6 Å². The Bertz CT molecular complexity index is 589. The van der Waals surface area contributed by atoms with Gasteiger partial charge in [0.25, 0.3) is 0 Å². The third-order valence-corrected chi connectivity index (χ3v) is 3.62. The van der Waals surface area contributed by atoms with Gasteiger partial charge in [0, 0.05) is 22.5 Å². The van der Waals surface area contributed by atoms with Crippen LogP contribution < -0.4 is 5.32 Å². The lowest BCUT2D eigenvalue weighted by molar-refractivity contribution is 0.416. The second kappa shape index (κ2) is 5.93. The number of nitrogens with zero attached hydrogens (tertiary/aromatic N) is 2. The largest absolute Gasteiger partial charge is 0.308 e.